The summed E-state index contributed by atoms with van der Waals surface area (Å²) in [6.45, 7) is 65.9. The minimum atomic E-state index is -0.720. The van der Waals surface area contributed by atoms with Crippen molar-refractivity contribution in [3.05, 3.63) is 205 Å². The molecular weight excluding hydrogens is 1280 g/mol. The van der Waals surface area contributed by atoms with Gasteiger partial charge in [0.25, 0.3) is 0 Å². The second-order valence-electron chi connectivity index (χ2n) is 25.5. The molecule has 0 amide bonds. The third-order valence-corrected chi connectivity index (χ3v) is 14.2. The van der Waals surface area contributed by atoms with Crippen LogP contribution in [0.2, 0.25) is 25.7 Å². The zero-order chi connectivity index (χ0) is 79.6. The van der Waals surface area contributed by atoms with Crippen molar-refractivity contribution in [2.45, 2.75) is 256 Å². The van der Waals surface area contributed by atoms with Crippen LogP contribution in [0.5, 0.6) is 0 Å². The van der Waals surface area contributed by atoms with Crippen LogP contribution >= 0.6 is 0 Å². The molecule has 0 saturated heterocycles. The molecule has 0 atom stereocenters. The standard InChI is InChI=1S/C16H14O2.C9H10O2.C9H18O2.C9H12O.C8H10.C7H18Si.C6H12O2.C5H8O2.C5H12.C4H8.C3H6O.C3H6.2C2H6/c1-11(17)18-10-16-14-8-4-2-6-12(14)13-7-3-5-9-15(13)16;1-8(10)11-7-9-5-3-2-4-6-9;1-8(2)6-4-5-7-11-9(3)10;1-2-8-3-5-9(7-10)6-4-8;1-2-8-6-4-3-5-7-8;1-7(2)6-8(3,4)5;1-5(2)4-8-6(3)7;1-3-4-7-5(2)6;1-4-5(2)3;1-3-4-2;1-3(2)4;1-3-2;2*1-2/h2-9,16H,10H2,1H3;2-6H,7H2,1H3;8H,4-7H2,1-3H3;3-6,10H,2,7H2,1H3;3-7H,2H2,1H3;7H,6H2,1-5H3;5H,4H2,1-3H3;3H,1,4H2,2H3;5H,4H2,1-3H3;3H,1,4H2,2H3;1-2H3;3H,1H2,2H3;2*1-2H3. The molecule has 0 fully saturated rings. The van der Waals surface area contributed by atoms with Crippen LogP contribution in [0.15, 0.2) is 171 Å². The van der Waals surface area contributed by atoms with E-state index >= 15 is 0 Å². The third-order valence-electron chi connectivity index (χ3n) is 12.2. The largest absolute Gasteiger partial charge is 0.466 e. The van der Waals surface area contributed by atoms with Crippen molar-refractivity contribution >= 4 is 43.7 Å². The van der Waals surface area contributed by atoms with Crippen LogP contribution in [0, 0.1) is 23.7 Å². The van der Waals surface area contributed by atoms with Gasteiger partial charge in [-0.25, -0.2) is 0 Å². The van der Waals surface area contributed by atoms with Gasteiger partial charge in [0.15, 0.2) is 0 Å². The highest BCUT2D eigenvalue weighted by Gasteiger charge is 2.28. The van der Waals surface area contributed by atoms with Gasteiger partial charge < -0.3 is 33.6 Å². The van der Waals surface area contributed by atoms with E-state index in [0.717, 1.165) is 61.0 Å². The molecule has 12 nitrogen and oxygen atoms in total. The molecular formula is C88H146O12Si. The summed E-state index contributed by atoms with van der Waals surface area (Å²) >= 11 is 0. The van der Waals surface area contributed by atoms with E-state index in [1.165, 1.54) is 107 Å². The summed E-state index contributed by atoms with van der Waals surface area (Å²) in [7, 11) is -0.720. The maximum atomic E-state index is 11.0. The summed E-state index contributed by atoms with van der Waals surface area (Å²) in [5.74, 6) is 2.23. The fraction of sp³-hybridized carbons (Fsp3) is 0.523. The highest BCUT2D eigenvalue weighted by Crippen LogP contribution is 2.44. The molecule has 0 saturated carbocycles. The Hall–Kier alpha value is -7.48. The molecule has 0 unspecified atom stereocenters. The maximum absolute atomic E-state index is 11.0. The topological polar surface area (TPSA) is 169 Å². The number of ketones is 1. The molecule has 1 aliphatic carbocycles. The minimum absolute atomic E-state index is 0.143. The molecule has 0 heterocycles. The SMILES string of the molecule is C=CC.C=CCC.C=CCOC(C)=O.CC.CC.CC(=O)OCC(C)C.CC(=O)OCC1c2ccccc2-c2ccccc21.CC(=O)OCCCCC(C)C.CC(=O)OCc1ccccc1.CC(C)=O.CC(C)C[Si](C)(C)C.CCC(C)C.CCc1ccc(CO)cc1.CCc1ccccc1. The molecule has 0 aromatic heterocycles. The number of carbonyl (C=O) groups is 6. The van der Waals surface area contributed by atoms with Crippen molar-refractivity contribution < 1.29 is 57.6 Å². The van der Waals surface area contributed by atoms with Gasteiger partial charge in [0.2, 0.25) is 0 Å². The first-order valence-corrected chi connectivity index (χ1v) is 40.2. The molecule has 0 aliphatic heterocycles. The first-order chi connectivity index (χ1) is 47.6. The molecule has 5 aromatic rings. The zero-order valence-corrected chi connectivity index (χ0v) is 69.8. The second kappa shape index (κ2) is 78.2. The van der Waals surface area contributed by atoms with E-state index in [0.29, 0.717) is 39.0 Å². The predicted molar refractivity (Wildman–Crippen MR) is 437 cm³/mol. The quantitative estimate of drug-likeness (QED) is 0.0258. The number of esters is 5. The molecule has 6 rings (SSSR count). The van der Waals surface area contributed by atoms with Crippen molar-refractivity contribution in [1.82, 2.24) is 0 Å². The van der Waals surface area contributed by atoms with Crippen molar-refractivity contribution in [3.63, 3.8) is 0 Å². The Bertz CT molecular complexity index is 2650. The lowest BCUT2D eigenvalue weighted by Crippen LogP contribution is -2.21. The first-order valence-electron chi connectivity index (χ1n) is 36.5. The van der Waals surface area contributed by atoms with Gasteiger partial charge in [0.05, 0.1) is 19.8 Å². The highest BCUT2D eigenvalue weighted by molar-refractivity contribution is 6.76. The molecule has 0 radical (unpaired) electrons. The summed E-state index contributed by atoms with van der Waals surface area (Å²) in [5, 5.41) is 8.70. The lowest BCUT2D eigenvalue weighted by atomic mass is 9.98. The maximum Gasteiger partial charge on any atom is 0.302 e. The van der Waals surface area contributed by atoms with Gasteiger partial charge in [-0.3, -0.25) is 24.0 Å². The zero-order valence-electron chi connectivity index (χ0n) is 68.8. The second-order valence-corrected chi connectivity index (χ2v) is 31.0. The number of carbonyl (C=O) groups excluding carboxylic acids is 6. The van der Waals surface area contributed by atoms with Crippen molar-refractivity contribution in [2.75, 3.05) is 26.4 Å². The first kappa shape index (κ1) is 109. The van der Waals surface area contributed by atoms with E-state index in [4.69, 9.17) is 19.3 Å². The molecule has 0 spiro atoms. The summed E-state index contributed by atoms with van der Waals surface area (Å²) in [6, 6.07) is 46.2. The summed E-state index contributed by atoms with van der Waals surface area (Å²) in [5.41, 5.74) is 9.74. The Labute approximate surface area is 620 Å². The van der Waals surface area contributed by atoms with E-state index < -0.39 is 8.07 Å². The van der Waals surface area contributed by atoms with Crippen molar-refractivity contribution in [3.8, 4) is 11.1 Å². The van der Waals surface area contributed by atoms with Gasteiger partial charge >= 0.3 is 29.8 Å². The number of ether oxygens (including phenoxy) is 5. The average Bonchev–Trinajstić information content (AvgIpc) is 1.62. The number of aliphatic hydroxyl groups is 1. The number of aryl methyl sites for hydroxylation is 2. The number of fused-ring (bicyclic) bond motifs is 3. The van der Waals surface area contributed by atoms with Gasteiger partial charge in [-0.2, -0.15) is 0 Å². The minimum Gasteiger partial charge on any atom is -0.466 e. The smallest absolute Gasteiger partial charge is 0.302 e. The number of Topliss-reactive ketones (excluding diaryl/α,β-unsaturated/α-hetero) is 1. The van der Waals surface area contributed by atoms with Crippen molar-refractivity contribution in [2.24, 2.45) is 23.7 Å². The van der Waals surface area contributed by atoms with Gasteiger partial charge in [0, 0.05) is 48.6 Å². The van der Waals surface area contributed by atoms with E-state index in [1.54, 1.807) is 6.08 Å². The molecule has 13 heteroatoms. The summed E-state index contributed by atoms with van der Waals surface area (Å²) in [4.78, 5) is 61.2. The average molecular weight is 1420 g/mol. The highest BCUT2D eigenvalue weighted by atomic mass is 28.3. The Morgan fingerprint density at radius 3 is 1.09 bits per heavy atom. The van der Waals surface area contributed by atoms with Gasteiger partial charge in [0.1, 0.15) is 25.6 Å². The predicted octanol–water partition coefficient (Wildman–Crippen LogP) is 23.9. The Morgan fingerprint density at radius 2 is 0.822 bits per heavy atom. The van der Waals surface area contributed by atoms with E-state index in [-0.39, 0.29) is 48.2 Å². The monoisotopic (exact) mass is 1420 g/mol. The number of hydrogen-bond acceptors (Lipinski definition) is 12. The Kier molecular flexibility index (Phi) is 84.8. The van der Waals surface area contributed by atoms with Gasteiger partial charge in [-0.05, 0) is 121 Å². The molecule has 1 aliphatic rings. The van der Waals surface area contributed by atoms with E-state index in [1.807, 2.05) is 139 Å². The lowest BCUT2D eigenvalue weighted by molar-refractivity contribution is -0.143. The molecule has 0 bridgehead atoms. The Morgan fingerprint density at radius 1 is 0.465 bits per heavy atom. The number of aliphatic hydroxyl groups excluding tert-OH is 1. The van der Waals surface area contributed by atoms with Gasteiger partial charge in [-0.15, -0.1) is 13.2 Å². The van der Waals surface area contributed by atoms with Crippen LogP contribution in [0.1, 0.15) is 238 Å². The Balaban J connectivity index is -0.000000159. The number of hydrogen-bond donors (Lipinski definition) is 1. The fourth-order valence-corrected chi connectivity index (χ4v) is 10.00. The van der Waals surface area contributed by atoms with E-state index in [2.05, 4.69) is 167 Å². The van der Waals surface area contributed by atoms with Crippen molar-refractivity contribution in [1.29, 1.82) is 0 Å². The van der Waals surface area contributed by atoms with Crippen LogP contribution in [-0.4, -0.2) is 75.2 Å². The molecule has 574 valence electrons. The summed E-state index contributed by atoms with van der Waals surface area (Å²) < 4.78 is 23.9. The lowest BCUT2D eigenvalue weighted by Gasteiger charge is -2.17. The number of unbranched alkanes of at least 4 members (excludes halogenated alkanes) is 1. The molecule has 5 aromatic carbocycles. The fourth-order valence-electron chi connectivity index (χ4n) is 7.55. The number of rotatable bonds is 20. The number of benzene rings is 5. The molecule has 101 heavy (non-hydrogen) atoms. The third kappa shape index (κ3) is 86.7. The van der Waals surface area contributed by atoms with Gasteiger partial charge in [-0.1, -0.05) is 308 Å². The van der Waals surface area contributed by atoms with Crippen LogP contribution < -0.4 is 0 Å². The van der Waals surface area contributed by atoms with Crippen LogP contribution in [0.25, 0.3) is 11.1 Å². The number of allylic oxidation sites excluding steroid dienone is 2. The normalized spacial score (nSPS) is 9.62. The van der Waals surface area contributed by atoms with E-state index in [9.17, 15) is 28.8 Å². The van der Waals surface area contributed by atoms with Crippen LogP contribution in [0.4, 0.5) is 0 Å². The summed E-state index contributed by atoms with van der Waals surface area (Å²) in [6.07, 6.45) is 13.1. The molecule has 1 N–H and O–H groups in total. The van der Waals surface area contributed by atoms with Crippen LogP contribution in [-0.2, 0) is 78.5 Å². The van der Waals surface area contributed by atoms with Crippen LogP contribution in [0.3, 0.4) is 0 Å².